The number of nitrogens with zero attached hydrogens (tertiary/aromatic N) is 2. The van der Waals surface area contributed by atoms with E-state index in [9.17, 15) is 9.59 Å². The van der Waals surface area contributed by atoms with E-state index in [0.717, 1.165) is 28.5 Å². The van der Waals surface area contributed by atoms with Gasteiger partial charge in [0, 0.05) is 37.8 Å². The second-order valence-corrected chi connectivity index (χ2v) is 8.14. The number of nitrogens with one attached hydrogen (secondary N) is 1. The first-order valence-electron chi connectivity index (χ1n) is 9.04. The van der Waals surface area contributed by atoms with E-state index in [4.69, 9.17) is 17.0 Å². The lowest BCUT2D eigenvalue weighted by atomic mass is 10.1. The normalized spacial score (nSPS) is 15.8. The molecule has 1 aromatic heterocycles. The van der Waals surface area contributed by atoms with Crippen molar-refractivity contribution in [3.8, 4) is 0 Å². The number of methoxy groups -OCH3 is 1. The Balaban J connectivity index is 1.99. The van der Waals surface area contributed by atoms with Crippen LogP contribution in [0.3, 0.4) is 0 Å². The van der Waals surface area contributed by atoms with Gasteiger partial charge < -0.3 is 14.6 Å². The Labute approximate surface area is 173 Å². The highest BCUT2D eigenvalue weighted by Crippen LogP contribution is 2.34. The number of carbonyl (C=O) groups is 2. The Hall–Kier alpha value is -2.16. The lowest BCUT2D eigenvalue weighted by Gasteiger charge is -2.09. The third-order valence-corrected chi connectivity index (χ3v) is 6.09. The minimum atomic E-state index is -0.0974. The minimum Gasteiger partial charge on any atom is -0.383 e. The average Bonchev–Trinajstić information content (AvgIpc) is 3.14. The molecule has 0 unspecified atom stereocenters. The minimum absolute atomic E-state index is 0.0775. The fourth-order valence-corrected chi connectivity index (χ4v) is 4.35. The predicted octanol–water partition coefficient (Wildman–Crippen LogP) is 2.80. The number of carbonyl (C=O) groups excluding carboxylic acids is 2. The van der Waals surface area contributed by atoms with Crippen molar-refractivity contribution in [3.05, 3.63) is 40.4 Å². The smallest absolute Gasteiger partial charge is 0.265 e. The number of rotatable bonds is 7. The van der Waals surface area contributed by atoms with Gasteiger partial charge in [-0.2, -0.15) is 0 Å². The van der Waals surface area contributed by atoms with Crippen molar-refractivity contribution < 1.29 is 14.3 Å². The molecule has 0 aliphatic carbocycles. The molecular formula is C20H23N3O3S2. The summed E-state index contributed by atoms with van der Waals surface area (Å²) in [5.74, 6) is -0.175. The monoisotopic (exact) mass is 417 g/mol. The van der Waals surface area contributed by atoms with Crippen LogP contribution in [0.1, 0.15) is 18.1 Å². The van der Waals surface area contributed by atoms with Crippen LogP contribution in [0.25, 0.3) is 17.0 Å². The van der Waals surface area contributed by atoms with Crippen molar-refractivity contribution in [2.24, 2.45) is 0 Å². The van der Waals surface area contributed by atoms with Crippen molar-refractivity contribution in [1.82, 2.24) is 14.8 Å². The van der Waals surface area contributed by atoms with E-state index >= 15 is 0 Å². The van der Waals surface area contributed by atoms with E-state index in [-0.39, 0.29) is 18.4 Å². The maximum absolute atomic E-state index is 12.4. The molecule has 1 aliphatic heterocycles. The lowest BCUT2D eigenvalue weighted by Crippen LogP contribution is -2.30. The fraction of sp³-hybridized carbons (Fsp3) is 0.350. The molecule has 28 heavy (non-hydrogen) atoms. The van der Waals surface area contributed by atoms with Crippen molar-refractivity contribution in [2.45, 2.75) is 19.9 Å². The summed E-state index contributed by atoms with van der Waals surface area (Å²) >= 11 is 6.52. The number of thioether (sulfide) groups is 1. The van der Waals surface area contributed by atoms with Crippen molar-refractivity contribution >= 4 is 57.1 Å². The van der Waals surface area contributed by atoms with Crippen LogP contribution in [0.2, 0.25) is 0 Å². The number of thiocarbonyl (C=S) groups is 1. The van der Waals surface area contributed by atoms with E-state index in [1.807, 2.05) is 29.0 Å². The van der Waals surface area contributed by atoms with E-state index in [0.29, 0.717) is 22.4 Å². The van der Waals surface area contributed by atoms with Crippen LogP contribution in [-0.4, -0.2) is 52.9 Å². The summed E-state index contributed by atoms with van der Waals surface area (Å²) in [6.07, 6.45) is 4.65. The molecule has 0 saturated carbocycles. The van der Waals surface area contributed by atoms with E-state index in [1.165, 1.54) is 16.7 Å². The number of aryl methyl sites for hydroxylation is 1. The highest BCUT2D eigenvalue weighted by Gasteiger charge is 2.29. The molecule has 0 bridgehead atoms. The molecule has 1 saturated heterocycles. The first kappa shape index (κ1) is 20.6. The molecule has 3 rings (SSSR count). The molecule has 8 heteroatoms. The number of fused-ring (bicyclic) bond motifs is 1. The Morgan fingerprint density at radius 1 is 1.39 bits per heavy atom. The van der Waals surface area contributed by atoms with Crippen LogP contribution >= 0.6 is 24.0 Å². The van der Waals surface area contributed by atoms with Crippen molar-refractivity contribution in [3.63, 3.8) is 0 Å². The third kappa shape index (κ3) is 4.14. The molecule has 1 fully saturated rings. The second kappa shape index (κ2) is 8.89. The van der Waals surface area contributed by atoms with Gasteiger partial charge in [0.1, 0.15) is 10.9 Å². The highest BCUT2D eigenvalue weighted by atomic mass is 32.2. The molecule has 148 valence electrons. The zero-order valence-corrected chi connectivity index (χ0v) is 17.8. The third-order valence-electron chi connectivity index (χ3n) is 4.61. The summed E-state index contributed by atoms with van der Waals surface area (Å²) in [4.78, 5) is 26.8. The molecule has 2 amide bonds. The first-order valence-corrected chi connectivity index (χ1v) is 10.3. The molecule has 0 radical (unpaired) electrons. The van der Waals surface area contributed by atoms with Gasteiger partial charge in [0.15, 0.2) is 0 Å². The van der Waals surface area contributed by atoms with E-state index in [1.54, 1.807) is 14.2 Å². The molecule has 2 aromatic rings. The molecular weight excluding hydrogens is 394 g/mol. The number of likely N-dealkylation sites (N-methyl/N-ethyl adjacent to an activating group) is 1. The molecule has 6 nitrogen and oxygen atoms in total. The number of hydrogen-bond donors (Lipinski definition) is 1. The Bertz CT molecular complexity index is 965. The first-order chi connectivity index (χ1) is 13.5. The van der Waals surface area contributed by atoms with Crippen LogP contribution in [0.4, 0.5) is 0 Å². The molecule has 2 heterocycles. The highest BCUT2D eigenvalue weighted by molar-refractivity contribution is 8.26. The second-order valence-electron chi connectivity index (χ2n) is 6.46. The molecule has 0 spiro atoms. The SMILES string of the molecule is CCc1cccc2c(/C=C3\SC(=S)N(C)C3=O)cn(CC(=O)NCCOC)c12. The van der Waals surface area contributed by atoms with Crippen LogP contribution in [0, 0.1) is 0 Å². The van der Waals surface area contributed by atoms with Crippen LogP contribution in [0.5, 0.6) is 0 Å². The number of benzene rings is 1. The molecule has 0 atom stereocenters. The molecule has 1 aliphatic rings. The summed E-state index contributed by atoms with van der Waals surface area (Å²) in [6, 6.07) is 6.09. The fourth-order valence-electron chi connectivity index (χ4n) is 3.18. The van der Waals surface area contributed by atoms with Gasteiger partial charge in [-0.25, -0.2) is 0 Å². The lowest BCUT2D eigenvalue weighted by molar-refractivity contribution is -0.122. The standard InChI is InChI=1S/C20H23N3O3S2/c1-4-13-6-5-7-15-14(10-16-19(25)22(2)20(27)28-16)11-23(18(13)15)12-17(24)21-8-9-26-3/h5-7,10-11H,4,8-9,12H2,1-3H3,(H,21,24)/b16-10-. The van der Waals surface area contributed by atoms with E-state index in [2.05, 4.69) is 18.3 Å². The van der Waals surface area contributed by atoms with Crippen LogP contribution in [0.15, 0.2) is 29.3 Å². The average molecular weight is 418 g/mol. The zero-order valence-electron chi connectivity index (χ0n) is 16.2. The zero-order chi connectivity index (χ0) is 20.3. The Morgan fingerprint density at radius 3 is 2.82 bits per heavy atom. The van der Waals surface area contributed by atoms with Gasteiger partial charge in [-0.05, 0) is 18.1 Å². The number of hydrogen-bond acceptors (Lipinski definition) is 5. The molecule has 1 N–H and O–H groups in total. The van der Waals surface area contributed by atoms with Crippen molar-refractivity contribution in [1.29, 1.82) is 0 Å². The number of aromatic nitrogens is 1. The maximum atomic E-state index is 12.4. The van der Waals surface area contributed by atoms with E-state index < -0.39 is 0 Å². The van der Waals surface area contributed by atoms with Crippen LogP contribution < -0.4 is 5.32 Å². The van der Waals surface area contributed by atoms with Crippen LogP contribution in [-0.2, 0) is 27.3 Å². The maximum Gasteiger partial charge on any atom is 0.265 e. The summed E-state index contributed by atoms with van der Waals surface area (Å²) < 4.78 is 7.48. The van der Waals surface area contributed by atoms with Gasteiger partial charge in [0.05, 0.1) is 17.0 Å². The Kier molecular flexibility index (Phi) is 6.53. The summed E-state index contributed by atoms with van der Waals surface area (Å²) in [5.41, 5.74) is 3.08. The van der Waals surface area contributed by atoms with Gasteiger partial charge in [-0.15, -0.1) is 0 Å². The predicted molar refractivity (Wildman–Crippen MR) is 117 cm³/mol. The largest absolute Gasteiger partial charge is 0.383 e. The van der Waals surface area contributed by atoms with Gasteiger partial charge in [0.2, 0.25) is 5.91 Å². The number of amides is 2. The number of ether oxygens (including phenoxy) is 1. The summed E-state index contributed by atoms with van der Waals surface area (Å²) in [5, 5.41) is 3.87. The van der Waals surface area contributed by atoms with Crippen molar-refractivity contribution in [2.75, 3.05) is 27.3 Å². The Morgan fingerprint density at radius 2 is 2.18 bits per heavy atom. The van der Waals surface area contributed by atoms with Gasteiger partial charge in [-0.1, -0.05) is 49.1 Å². The van der Waals surface area contributed by atoms with Gasteiger partial charge >= 0.3 is 0 Å². The number of para-hydroxylation sites is 1. The molecule has 1 aromatic carbocycles. The quantitative estimate of drug-likeness (QED) is 0.426. The summed E-state index contributed by atoms with van der Waals surface area (Å²) in [6.45, 7) is 3.25. The van der Waals surface area contributed by atoms with Gasteiger partial charge in [-0.3, -0.25) is 14.5 Å². The summed E-state index contributed by atoms with van der Waals surface area (Å²) in [7, 11) is 3.28. The van der Waals surface area contributed by atoms with Gasteiger partial charge in [0.25, 0.3) is 5.91 Å². The topological polar surface area (TPSA) is 63.6 Å².